The van der Waals surface area contributed by atoms with Crippen molar-refractivity contribution in [3.05, 3.63) is 71.9 Å². The number of H-pyrrole nitrogens is 1. The van der Waals surface area contributed by atoms with Crippen molar-refractivity contribution < 1.29 is 87.5 Å². The van der Waals surface area contributed by atoms with Crippen LogP contribution in [-0.4, -0.2) is 250 Å². The average Bonchev–Trinajstić information content (AvgIpc) is 1.71. The molecule has 31 N–H and O–H groups in total. The summed E-state index contributed by atoms with van der Waals surface area (Å²) in [5.41, 5.74) is 41.8. The molecule has 40 nitrogen and oxygen atoms in total. The molecule has 1 aromatic heterocycles. The number of para-hydroxylation sites is 1. The van der Waals surface area contributed by atoms with Gasteiger partial charge in [0.1, 0.15) is 66.5 Å². The SMILES string of the molecule is CC[C@H](C)[C@H](NC(=O)[C@H](CCCN=C(N)N)NC(=O)[C@H](CCCCN)NC(=O)[C@H](CCCCN)NC(=O)[C@H](CO)NC(=O)[C@H](CC(=O)O)NC(=O)[C@H](CCSC)NC(=O)[C@@H](NC(=O)[C@@H](N)CC(C)C)[C@@H](C)O)C(=O)NCC(=O)N[C@@H](Cc1c[nH]c2ccccc12)C(=O)N[C@@H](CCCN=C(N)N)C(=O)N[C@@H](Cc1ccccc1)C(=O)O. The largest absolute Gasteiger partial charge is 0.481 e. The number of carboxylic acid groups (broad SMARTS) is 2. The van der Waals surface area contributed by atoms with Crippen molar-refractivity contribution in [3.63, 3.8) is 0 Å². The second kappa shape index (κ2) is 52.6. The Morgan fingerprint density at radius 2 is 0.939 bits per heavy atom. The first kappa shape index (κ1) is 98.4. The van der Waals surface area contributed by atoms with E-state index in [4.69, 9.17) is 40.1 Å². The van der Waals surface area contributed by atoms with Crippen molar-refractivity contribution in [3.8, 4) is 0 Å². The number of rotatable bonds is 56. The highest BCUT2D eigenvalue weighted by Gasteiger charge is 2.38. The number of hydrogen-bond donors (Lipinski definition) is 24. The minimum absolute atomic E-state index is 0.00567. The maximum atomic E-state index is 14.7. The van der Waals surface area contributed by atoms with E-state index in [9.17, 15) is 87.5 Å². The number of hydrogen-bond acceptors (Lipinski definition) is 22. The lowest BCUT2D eigenvalue weighted by atomic mass is 9.97. The van der Waals surface area contributed by atoms with Crippen LogP contribution in [0, 0.1) is 11.8 Å². The number of thioether (sulfide) groups is 1. The lowest BCUT2D eigenvalue weighted by Gasteiger charge is -2.29. The molecular weight excluding hydrogens is 1520 g/mol. The third kappa shape index (κ3) is 36.5. The number of nitrogens with zero attached hydrogens (tertiary/aromatic N) is 2. The summed E-state index contributed by atoms with van der Waals surface area (Å²) in [4.78, 5) is 205. The summed E-state index contributed by atoms with van der Waals surface area (Å²) in [6, 6.07) is -2.62. The van der Waals surface area contributed by atoms with Gasteiger partial charge in [-0.25, -0.2) is 4.79 Å². The highest BCUT2D eigenvalue weighted by molar-refractivity contribution is 7.98. The number of aliphatic hydroxyl groups excluding tert-OH is 2. The van der Waals surface area contributed by atoms with Crippen LogP contribution in [-0.2, 0) is 80.0 Å². The van der Waals surface area contributed by atoms with Crippen molar-refractivity contribution in [2.45, 2.75) is 216 Å². The van der Waals surface area contributed by atoms with Crippen LogP contribution in [0.15, 0.2) is 70.8 Å². The fourth-order valence-electron chi connectivity index (χ4n) is 11.9. The molecule has 14 atom stereocenters. The van der Waals surface area contributed by atoms with E-state index in [0.717, 1.165) is 0 Å². The molecule has 0 spiro atoms. The van der Waals surface area contributed by atoms with Crippen LogP contribution >= 0.6 is 11.8 Å². The molecule has 0 aliphatic carbocycles. The van der Waals surface area contributed by atoms with E-state index in [-0.39, 0.29) is 133 Å². The van der Waals surface area contributed by atoms with Crippen LogP contribution in [0.5, 0.6) is 0 Å². The molecule has 3 aromatic rings. The number of guanidine groups is 2. The maximum absolute atomic E-state index is 14.7. The first-order chi connectivity index (χ1) is 54.6. The Morgan fingerprint density at radius 1 is 0.496 bits per heavy atom. The second-order valence-corrected chi connectivity index (χ2v) is 29.3. The van der Waals surface area contributed by atoms with Gasteiger partial charge in [0.25, 0.3) is 0 Å². The number of aromatic nitrogens is 1. The summed E-state index contributed by atoms with van der Waals surface area (Å²) in [6.45, 7) is 6.52. The minimum atomic E-state index is -1.97. The van der Waals surface area contributed by atoms with Gasteiger partial charge in [0.2, 0.25) is 70.9 Å². The number of benzene rings is 2. The Morgan fingerprint density at radius 3 is 1.42 bits per heavy atom. The highest BCUT2D eigenvalue weighted by Crippen LogP contribution is 2.21. The van der Waals surface area contributed by atoms with E-state index in [1.165, 1.54) is 18.7 Å². The topological polar surface area (TPSA) is 687 Å². The van der Waals surface area contributed by atoms with Gasteiger partial charge >= 0.3 is 11.9 Å². The van der Waals surface area contributed by atoms with Gasteiger partial charge in [-0.2, -0.15) is 11.8 Å². The first-order valence-electron chi connectivity index (χ1n) is 38.3. The number of carboxylic acids is 2. The molecule has 115 heavy (non-hydrogen) atoms. The van der Waals surface area contributed by atoms with Gasteiger partial charge in [0.05, 0.1) is 31.7 Å². The van der Waals surface area contributed by atoms with Gasteiger partial charge < -0.3 is 129 Å². The summed E-state index contributed by atoms with van der Waals surface area (Å²) in [5.74, 6) is -15.6. The number of aliphatic hydroxyl groups is 2. The lowest BCUT2D eigenvalue weighted by Crippen LogP contribution is -2.62. The van der Waals surface area contributed by atoms with Gasteiger partial charge in [-0.15, -0.1) is 0 Å². The second-order valence-electron chi connectivity index (χ2n) is 28.3. The Bertz CT molecular complexity index is 3730. The average molecular weight is 1640 g/mol. The summed E-state index contributed by atoms with van der Waals surface area (Å²) in [7, 11) is 0. The van der Waals surface area contributed by atoms with E-state index in [0.29, 0.717) is 34.9 Å². The molecule has 41 heteroatoms. The molecule has 0 aliphatic heterocycles. The van der Waals surface area contributed by atoms with Gasteiger partial charge in [0.15, 0.2) is 11.9 Å². The Kier molecular flexibility index (Phi) is 45.0. The predicted octanol–water partition coefficient (Wildman–Crippen LogP) is -5.13. The number of carbonyl (C=O) groups is 14. The zero-order valence-corrected chi connectivity index (χ0v) is 66.9. The Balaban J connectivity index is 1.93. The predicted molar refractivity (Wildman–Crippen MR) is 431 cm³/mol. The molecule has 0 bridgehead atoms. The van der Waals surface area contributed by atoms with Gasteiger partial charge in [-0.05, 0) is 138 Å². The number of amides is 12. The zero-order valence-electron chi connectivity index (χ0n) is 66.0. The van der Waals surface area contributed by atoms with Gasteiger partial charge in [-0.3, -0.25) is 72.3 Å². The molecule has 0 unspecified atom stereocenters. The van der Waals surface area contributed by atoms with Crippen LogP contribution in [0.4, 0.5) is 0 Å². The molecule has 2 aromatic carbocycles. The van der Waals surface area contributed by atoms with E-state index in [1.54, 1.807) is 80.9 Å². The van der Waals surface area contributed by atoms with Crippen LogP contribution in [0.3, 0.4) is 0 Å². The van der Waals surface area contributed by atoms with E-state index < -0.39 is 187 Å². The molecule has 12 amide bonds. The molecule has 0 saturated carbocycles. The summed E-state index contributed by atoms with van der Waals surface area (Å²) < 4.78 is 0. The molecule has 1 heterocycles. The minimum Gasteiger partial charge on any atom is -0.481 e. The normalized spacial score (nSPS) is 14.8. The van der Waals surface area contributed by atoms with Crippen LogP contribution in [0.1, 0.15) is 136 Å². The molecule has 0 aliphatic rings. The number of aromatic amines is 1. The summed E-state index contributed by atoms with van der Waals surface area (Å²) in [5, 5.41) is 71.9. The number of aliphatic carboxylic acids is 2. The van der Waals surface area contributed by atoms with Crippen LogP contribution in [0.25, 0.3) is 10.9 Å². The van der Waals surface area contributed by atoms with Crippen molar-refractivity contribution >= 4 is 117 Å². The molecule has 640 valence electrons. The summed E-state index contributed by atoms with van der Waals surface area (Å²) >= 11 is 1.26. The fourth-order valence-corrected chi connectivity index (χ4v) is 12.3. The number of fused-ring (bicyclic) bond motifs is 1. The first-order valence-corrected chi connectivity index (χ1v) is 39.7. The Hall–Kier alpha value is -10.8. The third-order valence-corrected chi connectivity index (χ3v) is 19.0. The molecule has 0 radical (unpaired) electrons. The number of carbonyl (C=O) groups excluding carboxylic acids is 12. The van der Waals surface area contributed by atoms with E-state index in [1.807, 2.05) is 13.8 Å². The van der Waals surface area contributed by atoms with Crippen molar-refractivity contribution in [2.24, 2.45) is 62.0 Å². The molecule has 0 saturated heterocycles. The lowest BCUT2D eigenvalue weighted by molar-refractivity contribution is -0.142. The van der Waals surface area contributed by atoms with Crippen LogP contribution < -0.4 is 104 Å². The number of nitrogens with two attached hydrogens (primary N) is 7. The third-order valence-electron chi connectivity index (χ3n) is 18.4. The monoisotopic (exact) mass is 1640 g/mol. The van der Waals surface area contributed by atoms with Gasteiger partial charge in [-0.1, -0.05) is 82.6 Å². The van der Waals surface area contributed by atoms with Crippen LogP contribution in [0.2, 0.25) is 0 Å². The number of nitrogens with one attached hydrogen (secondary N) is 13. The van der Waals surface area contributed by atoms with Crippen molar-refractivity contribution in [1.29, 1.82) is 0 Å². The summed E-state index contributed by atoms with van der Waals surface area (Å²) in [6.07, 6.45) is 1.53. The van der Waals surface area contributed by atoms with E-state index in [2.05, 4.69) is 78.8 Å². The number of unbranched alkanes of at least 4 members (excludes halogenated alkanes) is 2. The molecular formula is C74H120N22O18S. The number of aliphatic imine (C=N–C) groups is 2. The standard InChI is InChI=1S/C74H120N22O18S/c1-7-41(4)59(70(111)85-38-57(99)86-53(35-44-37-84-47-22-12-11-21-45(44)47)67(108)89-50(25-17-30-82-73(78)79)64(105)93-55(72(113)114)34-43-19-9-8-10-20-43)95-66(107)51(26-18-31-83-74(80)81)88-62(103)48(23-13-15-28-75)87-63(104)49(24-14-16-29-76)90-69(110)56(39-97)94-68(109)54(36-58(100)101)92-65(106)52(27-32-115-6)91-71(112)60(42(5)98)96-61(102)46(77)33-40(2)3/h8-12,19-22,37,40-42,46,48-56,59-60,84,97-98H,7,13-18,23-36,38-39,75-77H2,1-6H3,(H,85,111)(H,86,99)(H,87,104)(H,88,103)(H,89,108)(H,90,110)(H,91,112)(H,92,106)(H,93,105)(H,94,109)(H,95,107)(H,96,102)(H,100,101)(H,113,114)(H4,78,79,82)(H4,80,81,83)/t41-,42+,46-,48-,49-,50-,51-,52-,53-,54-,55-,56-,59-,60-/m0/s1. The smallest absolute Gasteiger partial charge is 0.326 e. The highest BCUT2D eigenvalue weighted by atomic mass is 32.2. The molecule has 3 rings (SSSR count). The fraction of sp³-hybridized carbons (Fsp3) is 0.595. The van der Waals surface area contributed by atoms with Crippen molar-refractivity contribution in [1.82, 2.24) is 68.8 Å². The van der Waals surface area contributed by atoms with E-state index >= 15 is 0 Å². The maximum Gasteiger partial charge on any atom is 0.326 e. The molecule has 0 fully saturated rings. The Labute approximate surface area is 672 Å². The quantitative estimate of drug-likeness (QED) is 0.0143. The van der Waals surface area contributed by atoms with Gasteiger partial charge in [0, 0.05) is 43.0 Å². The van der Waals surface area contributed by atoms with Crippen molar-refractivity contribution in [2.75, 3.05) is 51.3 Å². The zero-order chi connectivity index (χ0) is 85.9.